The van der Waals surface area contributed by atoms with Gasteiger partial charge in [-0.2, -0.15) is 0 Å². The van der Waals surface area contributed by atoms with Crippen LogP contribution in [0.15, 0.2) is 0 Å². The second kappa shape index (κ2) is 6.05. The van der Waals surface area contributed by atoms with Crippen LogP contribution in [0, 0.1) is 17.8 Å². The van der Waals surface area contributed by atoms with E-state index in [2.05, 4.69) is 18.7 Å². The Morgan fingerprint density at radius 2 is 1.94 bits per heavy atom. The fourth-order valence-corrected chi connectivity index (χ4v) is 3.51. The largest absolute Gasteiger partial charge is 0.342 e. The summed E-state index contributed by atoms with van der Waals surface area (Å²) in [6, 6.07) is 0.259. The Morgan fingerprint density at radius 3 is 2.56 bits per heavy atom. The van der Waals surface area contributed by atoms with Gasteiger partial charge >= 0.3 is 0 Å². The lowest BCUT2D eigenvalue weighted by molar-refractivity contribution is -0.135. The molecule has 104 valence electrons. The second-order valence-electron chi connectivity index (χ2n) is 6.53. The fraction of sp³-hybridized carbons (Fsp3) is 0.933. The molecular formula is C15H28N2O. The van der Waals surface area contributed by atoms with E-state index in [0.29, 0.717) is 5.91 Å². The number of hydrogen-bond donors (Lipinski definition) is 1. The van der Waals surface area contributed by atoms with Crippen LogP contribution in [0.3, 0.4) is 0 Å². The van der Waals surface area contributed by atoms with E-state index in [-0.39, 0.29) is 12.0 Å². The van der Waals surface area contributed by atoms with Crippen molar-refractivity contribution < 1.29 is 4.79 Å². The molecule has 3 nitrogen and oxygen atoms in total. The van der Waals surface area contributed by atoms with Crippen LogP contribution in [-0.2, 0) is 4.79 Å². The van der Waals surface area contributed by atoms with E-state index >= 15 is 0 Å². The number of nitrogens with two attached hydrogens (primary N) is 1. The predicted molar refractivity (Wildman–Crippen MR) is 74.1 cm³/mol. The normalized spacial score (nSPS) is 33.8. The summed E-state index contributed by atoms with van der Waals surface area (Å²) in [6.07, 6.45) is 6.58. The van der Waals surface area contributed by atoms with E-state index in [1.807, 2.05) is 0 Å². The minimum Gasteiger partial charge on any atom is -0.342 e. The molecule has 0 aromatic carbocycles. The number of carbonyl (C=O) groups is 1. The number of amides is 1. The molecule has 1 saturated heterocycles. The zero-order chi connectivity index (χ0) is 13.1. The lowest BCUT2D eigenvalue weighted by atomic mass is 9.89. The van der Waals surface area contributed by atoms with E-state index in [4.69, 9.17) is 5.73 Å². The van der Waals surface area contributed by atoms with Gasteiger partial charge in [-0.15, -0.1) is 0 Å². The highest BCUT2D eigenvalue weighted by molar-refractivity contribution is 5.79. The molecule has 3 atom stereocenters. The molecule has 0 bridgehead atoms. The van der Waals surface area contributed by atoms with Gasteiger partial charge in [0.25, 0.3) is 0 Å². The third-order valence-electron chi connectivity index (χ3n) is 4.85. The monoisotopic (exact) mass is 252 g/mol. The van der Waals surface area contributed by atoms with E-state index in [1.165, 1.54) is 19.3 Å². The number of rotatable bonds is 2. The van der Waals surface area contributed by atoms with E-state index in [1.54, 1.807) is 0 Å². The first-order valence-electron chi connectivity index (χ1n) is 7.62. The van der Waals surface area contributed by atoms with Gasteiger partial charge in [-0.1, -0.05) is 13.8 Å². The van der Waals surface area contributed by atoms with Crippen molar-refractivity contribution >= 4 is 5.91 Å². The maximum absolute atomic E-state index is 12.4. The van der Waals surface area contributed by atoms with Crippen LogP contribution in [0.2, 0.25) is 0 Å². The smallest absolute Gasteiger partial charge is 0.225 e. The van der Waals surface area contributed by atoms with E-state index in [0.717, 1.165) is 44.2 Å². The fourth-order valence-electron chi connectivity index (χ4n) is 3.51. The lowest BCUT2D eigenvalue weighted by Gasteiger charge is -2.24. The molecule has 1 aliphatic heterocycles. The first-order valence-corrected chi connectivity index (χ1v) is 7.62. The summed E-state index contributed by atoms with van der Waals surface area (Å²) in [5, 5.41) is 0. The Morgan fingerprint density at radius 1 is 1.17 bits per heavy atom. The standard InChI is InChI=1S/C15H28N2O/c1-11(2)12-4-3-8-17(9-7-12)15(18)13-5-6-14(16)10-13/h11-14H,3-10,16H2,1-2H3. The Hall–Kier alpha value is -0.570. The number of nitrogens with zero attached hydrogens (tertiary/aromatic N) is 1. The summed E-state index contributed by atoms with van der Waals surface area (Å²) in [7, 11) is 0. The maximum Gasteiger partial charge on any atom is 0.225 e. The molecule has 1 amide bonds. The van der Waals surface area contributed by atoms with E-state index < -0.39 is 0 Å². The van der Waals surface area contributed by atoms with Gasteiger partial charge in [-0.3, -0.25) is 4.79 Å². The molecule has 0 radical (unpaired) electrons. The van der Waals surface area contributed by atoms with Gasteiger partial charge in [0.15, 0.2) is 0 Å². The van der Waals surface area contributed by atoms with Crippen LogP contribution in [0.1, 0.15) is 52.4 Å². The van der Waals surface area contributed by atoms with Crippen LogP contribution in [-0.4, -0.2) is 29.9 Å². The average molecular weight is 252 g/mol. The number of carbonyl (C=O) groups excluding carboxylic acids is 1. The summed E-state index contributed by atoms with van der Waals surface area (Å²) < 4.78 is 0. The molecule has 1 aliphatic carbocycles. The van der Waals surface area contributed by atoms with Crippen molar-refractivity contribution in [3.8, 4) is 0 Å². The van der Waals surface area contributed by atoms with Gasteiger partial charge in [0.05, 0.1) is 0 Å². The van der Waals surface area contributed by atoms with Gasteiger partial charge in [0.1, 0.15) is 0 Å². The zero-order valence-electron chi connectivity index (χ0n) is 11.9. The highest BCUT2D eigenvalue weighted by Gasteiger charge is 2.32. The third-order valence-corrected chi connectivity index (χ3v) is 4.85. The topological polar surface area (TPSA) is 46.3 Å². The van der Waals surface area contributed by atoms with Crippen LogP contribution < -0.4 is 5.73 Å². The minimum absolute atomic E-state index is 0.218. The summed E-state index contributed by atoms with van der Waals surface area (Å²) in [4.78, 5) is 14.6. The second-order valence-corrected chi connectivity index (χ2v) is 6.53. The van der Waals surface area contributed by atoms with Gasteiger partial charge in [-0.25, -0.2) is 0 Å². The Bertz CT molecular complexity index is 290. The summed E-state index contributed by atoms with van der Waals surface area (Å²) in [5.41, 5.74) is 5.91. The van der Waals surface area contributed by atoms with Crippen molar-refractivity contribution in [3.05, 3.63) is 0 Å². The first kappa shape index (κ1) is 13.9. The molecule has 3 unspecified atom stereocenters. The van der Waals surface area contributed by atoms with E-state index in [9.17, 15) is 4.79 Å². The highest BCUT2D eigenvalue weighted by Crippen LogP contribution is 2.29. The minimum atomic E-state index is 0.218. The van der Waals surface area contributed by atoms with Crippen molar-refractivity contribution in [2.45, 2.75) is 58.4 Å². The molecule has 1 heterocycles. The molecule has 18 heavy (non-hydrogen) atoms. The van der Waals surface area contributed by atoms with Crippen LogP contribution >= 0.6 is 0 Å². The predicted octanol–water partition coefficient (Wildman–Crippen LogP) is 2.40. The average Bonchev–Trinajstić information content (AvgIpc) is 2.63. The molecule has 2 rings (SSSR count). The molecule has 0 spiro atoms. The van der Waals surface area contributed by atoms with Gasteiger partial charge in [0.2, 0.25) is 5.91 Å². The Balaban J connectivity index is 1.87. The molecule has 2 aliphatic rings. The summed E-state index contributed by atoms with van der Waals surface area (Å²) in [5.74, 6) is 2.15. The van der Waals surface area contributed by atoms with Crippen molar-refractivity contribution in [2.24, 2.45) is 23.5 Å². The van der Waals surface area contributed by atoms with Crippen molar-refractivity contribution in [3.63, 3.8) is 0 Å². The van der Waals surface area contributed by atoms with Crippen molar-refractivity contribution in [2.75, 3.05) is 13.1 Å². The van der Waals surface area contributed by atoms with Gasteiger partial charge in [-0.05, 0) is 50.4 Å². The van der Waals surface area contributed by atoms with Crippen LogP contribution in [0.5, 0.6) is 0 Å². The van der Waals surface area contributed by atoms with Crippen LogP contribution in [0.25, 0.3) is 0 Å². The first-order chi connectivity index (χ1) is 8.58. The molecule has 3 heteroatoms. The quantitative estimate of drug-likeness (QED) is 0.820. The number of hydrogen-bond acceptors (Lipinski definition) is 2. The van der Waals surface area contributed by atoms with Gasteiger partial charge in [0, 0.05) is 25.0 Å². The molecule has 1 saturated carbocycles. The Labute approximate surface area is 111 Å². The molecular weight excluding hydrogens is 224 g/mol. The molecule has 0 aromatic heterocycles. The Kier molecular flexibility index (Phi) is 4.66. The SMILES string of the molecule is CC(C)C1CCCN(C(=O)C2CCC(N)C2)CC1. The molecule has 2 N–H and O–H groups in total. The summed E-state index contributed by atoms with van der Waals surface area (Å²) >= 11 is 0. The highest BCUT2D eigenvalue weighted by atomic mass is 16.2. The number of likely N-dealkylation sites (tertiary alicyclic amines) is 1. The summed E-state index contributed by atoms with van der Waals surface area (Å²) in [6.45, 7) is 6.54. The van der Waals surface area contributed by atoms with Gasteiger partial charge < -0.3 is 10.6 Å². The van der Waals surface area contributed by atoms with Crippen molar-refractivity contribution in [1.82, 2.24) is 4.90 Å². The molecule has 0 aromatic rings. The van der Waals surface area contributed by atoms with Crippen molar-refractivity contribution in [1.29, 1.82) is 0 Å². The van der Waals surface area contributed by atoms with Crippen LogP contribution in [0.4, 0.5) is 0 Å². The zero-order valence-corrected chi connectivity index (χ0v) is 11.9. The molecule has 2 fully saturated rings. The lowest BCUT2D eigenvalue weighted by Crippen LogP contribution is -2.36. The maximum atomic E-state index is 12.4. The third kappa shape index (κ3) is 3.25.